The zero-order chi connectivity index (χ0) is 42.9. The maximum Gasteiger partial charge on any atom is 0.308 e. The van der Waals surface area contributed by atoms with Crippen LogP contribution in [-0.4, -0.2) is 59.2 Å². The zero-order valence-electron chi connectivity index (χ0n) is 40.1. The van der Waals surface area contributed by atoms with Crippen LogP contribution < -0.4 is 0 Å². The van der Waals surface area contributed by atoms with Crippen molar-refractivity contribution < 1.29 is 19.1 Å². The van der Waals surface area contributed by atoms with E-state index in [1.807, 2.05) is 6.20 Å². The van der Waals surface area contributed by atoms with E-state index in [1.54, 1.807) is 0 Å². The number of unbranched alkanes of at least 4 members (excludes halogenated alkanes) is 23. The van der Waals surface area contributed by atoms with E-state index in [1.165, 1.54) is 135 Å². The third kappa shape index (κ3) is 32.5. The van der Waals surface area contributed by atoms with Crippen molar-refractivity contribution in [2.75, 3.05) is 32.8 Å². The standard InChI is InChI=1S/C52H99N3O4/c1-6-10-14-18-21-29-38-49(36-27-17-13-9-4)51(56)58-46-33-25-23-31-41-54(43-35-44-55-45-40-53-48(55)5)42-32-24-26-34-47-59-52(57)50(37-28-20-16-12-8-3)39-30-22-19-15-11-7-2/h40,45,49-50H,6-39,41-44,46-47H2,1-5H3. The number of imidazole rings is 1. The highest BCUT2D eigenvalue weighted by molar-refractivity contribution is 5.72. The highest BCUT2D eigenvalue weighted by Gasteiger charge is 2.20. The first-order valence-electron chi connectivity index (χ1n) is 26.0. The predicted octanol–water partition coefficient (Wildman–Crippen LogP) is 15.2. The minimum absolute atomic E-state index is 0.0633. The molecule has 1 aromatic rings. The van der Waals surface area contributed by atoms with E-state index in [-0.39, 0.29) is 23.8 Å². The van der Waals surface area contributed by atoms with E-state index in [4.69, 9.17) is 9.47 Å². The number of ether oxygens (including phenoxy) is 2. The number of carbonyl (C=O) groups excluding carboxylic acids is 2. The fourth-order valence-electron chi connectivity index (χ4n) is 8.52. The molecule has 346 valence electrons. The quantitative estimate of drug-likeness (QED) is 0.0481. The summed E-state index contributed by atoms with van der Waals surface area (Å²) in [5.41, 5.74) is 0. The van der Waals surface area contributed by atoms with Crippen LogP contribution in [-0.2, 0) is 25.6 Å². The molecule has 0 aliphatic heterocycles. The van der Waals surface area contributed by atoms with E-state index < -0.39 is 0 Å². The summed E-state index contributed by atoms with van der Waals surface area (Å²) in [7, 11) is 0. The molecule has 7 nitrogen and oxygen atoms in total. The molecule has 0 spiro atoms. The lowest BCUT2D eigenvalue weighted by atomic mass is 9.94. The lowest BCUT2D eigenvalue weighted by Gasteiger charge is -2.22. The number of rotatable bonds is 45. The number of hydrogen-bond donors (Lipinski definition) is 0. The summed E-state index contributed by atoms with van der Waals surface area (Å²) >= 11 is 0. The maximum atomic E-state index is 13.1. The van der Waals surface area contributed by atoms with Gasteiger partial charge in [0.15, 0.2) is 0 Å². The summed E-state index contributed by atoms with van der Waals surface area (Å²) in [6, 6.07) is 0. The molecule has 1 rings (SSSR count). The number of esters is 2. The highest BCUT2D eigenvalue weighted by atomic mass is 16.5. The Morgan fingerprint density at radius 2 is 0.831 bits per heavy atom. The molecule has 0 aliphatic rings. The summed E-state index contributed by atoms with van der Waals surface area (Å²) in [6.45, 7) is 16.6. The molecule has 0 aliphatic carbocycles. The second-order valence-corrected chi connectivity index (χ2v) is 18.1. The van der Waals surface area contributed by atoms with Crippen molar-refractivity contribution in [1.29, 1.82) is 0 Å². The van der Waals surface area contributed by atoms with Gasteiger partial charge in [-0.3, -0.25) is 9.59 Å². The molecule has 0 bridgehead atoms. The second-order valence-electron chi connectivity index (χ2n) is 18.1. The second kappa shape index (κ2) is 41.5. The van der Waals surface area contributed by atoms with Gasteiger partial charge in [0, 0.05) is 18.9 Å². The molecule has 2 atom stereocenters. The summed E-state index contributed by atoms with van der Waals surface area (Å²) in [5.74, 6) is 1.40. The topological polar surface area (TPSA) is 73.7 Å². The van der Waals surface area contributed by atoms with Gasteiger partial charge < -0.3 is 18.9 Å². The van der Waals surface area contributed by atoms with Crippen LogP contribution in [0.1, 0.15) is 252 Å². The molecule has 0 saturated carbocycles. The number of aromatic nitrogens is 2. The van der Waals surface area contributed by atoms with Gasteiger partial charge in [0.2, 0.25) is 0 Å². The van der Waals surface area contributed by atoms with E-state index in [0.29, 0.717) is 13.2 Å². The molecule has 2 unspecified atom stereocenters. The van der Waals surface area contributed by atoms with Crippen LogP contribution >= 0.6 is 0 Å². The third-order valence-electron chi connectivity index (χ3n) is 12.6. The minimum Gasteiger partial charge on any atom is -0.465 e. The largest absolute Gasteiger partial charge is 0.465 e. The Morgan fingerprint density at radius 3 is 1.22 bits per heavy atom. The Kier molecular flexibility index (Phi) is 38.7. The summed E-state index contributed by atoms with van der Waals surface area (Å²) in [6.07, 6.45) is 44.4. The average Bonchev–Trinajstić information content (AvgIpc) is 3.65. The van der Waals surface area contributed by atoms with Gasteiger partial charge in [0.25, 0.3) is 0 Å². The number of nitrogens with zero attached hydrogens (tertiary/aromatic N) is 3. The Balaban J connectivity index is 2.43. The van der Waals surface area contributed by atoms with E-state index in [2.05, 4.69) is 55.3 Å². The first-order chi connectivity index (χ1) is 29.0. The smallest absolute Gasteiger partial charge is 0.308 e. The summed E-state index contributed by atoms with van der Waals surface area (Å²) < 4.78 is 14.0. The van der Waals surface area contributed by atoms with Gasteiger partial charge in [-0.15, -0.1) is 0 Å². The molecule has 59 heavy (non-hydrogen) atoms. The van der Waals surface area contributed by atoms with Gasteiger partial charge in [0.1, 0.15) is 5.82 Å². The molecule has 0 aromatic carbocycles. The van der Waals surface area contributed by atoms with Crippen LogP contribution in [0.4, 0.5) is 0 Å². The van der Waals surface area contributed by atoms with Crippen molar-refractivity contribution in [3.05, 3.63) is 18.2 Å². The fourth-order valence-corrected chi connectivity index (χ4v) is 8.52. The number of carbonyl (C=O) groups is 2. The third-order valence-corrected chi connectivity index (χ3v) is 12.6. The fraction of sp³-hybridized carbons (Fsp3) is 0.904. The first-order valence-corrected chi connectivity index (χ1v) is 26.0. The van der Waals surface area contributed by atoms with Crippen molar-refractivity contribution >= 4 is 11.9 Å². The van der Waals surface area contributed by atoms with Crippen molar-refractivity contribution in [1.82, 2.24) is 14.5 Å². The lowest BCUT2D eigenvalue weighted by Crippen LogP contribution is -2.28. The SMILES string of the molecule is CCCCCCCCC(CCCCCC)C(=O)OCCCCCCN(CCCCCCOC(=O)C(CCCCCCC)CCCCCCCC)CCCn1ccnc1C. The molecular weight excluding hydrogens is 731 g/mol. The monoisotopic (exact) mass is 830 g/mol. The number of hydrogen-bond acceptors (Lipinski definition) is 6. The van der Waals surface area contributed by atoms with Gasteiger partial charge in [-0.2, -0.15) is 0 Å². The zero-order valence-corrected chi connectivity index (χ0v) is 40.1. The molecule has 0 amide bonds. The van der Waals surface area contributed by atoms with Crippen LogP contribution in [0, 0.1) is 18.8 Å². The molecule has 7 heteroatoms. The molecule has 0 saturated heterocycles. The molecule has 0 radical (unpaired) electrons. The van der Waals surface area contributed by atoms with Crippen LogP contribution in [0.5, 0.6) is 0 Å². The van der Waals surface area contributed by atoms with E-state index >= 15 is 0 Å². The van der Waals surface area contributed by atoms with Gasteiger partial charge in [-0.1, -0.05) is 188 Å². The van der Waals surface area contributed by atoms with Gasteiger partial charge >= 0.3 is 11.9 Å². The molecule has 1 heterocycles. The van der Waals surface area contributed by atoms with E-state index in [0.717, 1.165) is 115 Å². The molecular formula is C52H99N3O4. The minimum atomic E-state index is 0.0633. The average molecular weight is 830 g/mol. The Hall–Kier alpha value is -1.89. The van der Waals surface area contributed by atoms with Crippen LogP contribution in [0.3, 0.4) is 0 Å². The van der Waals surface area contributed by atoms with Gasteiger partial charge in [-0.25, -0.2) is 4.98 Å². The molecule has 0 fully saturated rings. The van der Waals surface area contributed by atoms with Crippen LogP contribution in [0.2, 0.25) is 0 Å². The van der Waals surface area contributed by atoms with Gasteiger partial charge in [0.05, 0.1) is 25.0 Å². The van der Waals surface area contributed by atoms with Crippen LogP contribution in [0.25, 0.3) is 0 Å². The first kappa shape index (κ1) is 55.1. The summed E-state index contributed by atoms with van der Waals surface area (Å²) in [5, 5.41) is 0. The normalized spacial score (nSPS) is 12.6. The molecule has 1 aromatic heterocycles. The van der Waals surface area contributed by atoms with Crippen LogP contribution in [0.15, 0.2) is 12.4 Å². The van der Waals surface area contributed by atoms with Gasteiger partial charge in [-0.05, 0) is 84.3 Å². The molecule has 0 N–H and O–H groups in total. The Morgan fingerprint density at radius 1 is 0.492 bits per heavy atom. The van der Waals surface area contributed by atoms with Crippen molar-refractivity contribution in [2.24, 2.45) is 11.8 Å². The van der Waals surface area contributed by atoms with E-state index in [9.17, 15) is 9.59 Å². The predicted molar refractivity (Wildman–Crippen MR) is 252 cm³/mol. The van der Waals surface area contributed by atoms with Crippen molar-refractivity contribution in [3.8, 4) is 0 Å². The maximum absolute atomic E-state index is 13.1. The van der Waals surface area contributed by atoms with Crippen molar-refractivity contribution in [2.45, 2.75) is 259 Å². The lowest BCUT2D eigenvalue weighted by molar-refractivity contribution is -0.150. The Labute approximate surface area is 366 Å². The summed E-state index contributed by atoms with van der Waals surface area (Å²) in [4.78, 5) is 33.3. The Bertz CT molecular complexity index is 1060. The number of aryl methyl sites for hydroxylation is 2. The van der Waals surface area contributed by atoms with Crippen molar-refractivity contribution in [3.63, 3.8) is 0 Å². The highest BCUT2D eigenvalue weighted by Crippen LogP contribution is 2.22.